The third-order valence-corrected chi connectivity index (χ3v) is 2.69. The van der Waals surface area contributed by atoms with E-state index in [9.17, 15) is 0 Å². The second-order valence-electron chi connectivity index (χ2n) is 2.43. The molecule has 11 heavy (non-hydrogen) atoms. The summed E-state index contributed by atoms with van der Waals surface area (Å²) in [5.74, 6) is 0. The van der Waals surface area contributed by atoms with Crippen molar-refractivity contribution in [1.82, 2.24) is 0 Å². The lowest BCUT2D eigenvalue weighted by Gasteiger charge is -1.85. The van der Waals surface area contributed by atoms with Crippen LogP contribution in [0.25, 0.3) is 5.70 Å². The summed E-state index contributed by atoms with van der Waals surface area (Å²) < 4.78 is 1.21. The van der Waals surface area contributed by atoms with E-state index in [1.165, 1.54) is 4.53 Å². The van der Waals surface area contributed by atoms with Gasteiger partial charge in [0.25, 0.3) is 0 Å². The smallest absolute Gasteiger partial charge is 0.108 e. The predicted octanol–water partition coefficient (Wildman–Crippen LogP) is 0.458. The molecule has 2 aliphatic rings. The van der Waals surface area contributed by atoms with Gasteiger partial charge in [0, 0.05) is 6.21 Å². The lowest BCUT2D eigenvalue weighted by molar-refractivity contribution is 1.35. The van der Waals surface area contributed by atoms with Gasteiger partial charge in [-0.2, -0.15) is 0 Å². The van der Waals surface area contributed by atoms with E-state index >= 15 is 0 Å². The van der Waals surface area contributed by atoms with E-state index in [1.807, 2.05) is 17.5 Å². The molecule has 52 valence electrons. The number of rotatable bonds is 0. The van der Waals surface area contributed by atoms with Gasteiger partial charge in [-0.15, -0.1) is 11.3 Å². The van der Waals surface area contributed by atoms with Gasteiger partial charge in [0.15, 0.2) is 0 Å². The normalized spacial score (nSPS) is 17.8. The molecule has 0 bridgehead atoms. The van der Waals surface area contributed by atoms with Crippen molar-refractivity contribution in [2.45, 2.75) is 0 Å². The van der Waals surface area contributed by atoms with Crippen molar-refractivity contribution in [3.8, 4) is 0 Å². The van der Waals surface area contributed by atoms with Gasteiger partial charge in [-0.05, 0) is 17.5 Å². The quantitative estimate of drug-likeness (QED) is 0.526. The van der Waals surface area contributed by atoms with Crippen LogP contribution in [0.4, 0.5) is 0 Å². The van der Waals surface area contributed by atoms with E-state index in [1.54, 1.807) is 17.6 Å². The predicted molar refractivity (Wildman–Crippen MR) is 45.1 cm³/mol. The molecule has 0 fully saturated rings. The first-order valence-corrected chi connectivity index (χ1v) is 4.24. The number of fused-ring (bicyclic) bond motifs is 2. The van der Waals surface area contributed by atoms with Crippen LogP contribution < -0.4 is 9.89 Å². The fraction of sp³-hybridized carbons (Fsp3) is 0. The van der Waals surface area contributed by atoms with Crippen LogP contribution in [0.2, 0.25) is 0 Å². The maximum atomic E-state index is 4.38. The fourth-order valence-corrected chi connectivity index (χ4v) is 2.13. The van der Waals surface area contributed by atoms with Crippen LogP contribution in [0.5, 0.6) is 0 Å². The molecule has 3 heteroatoms. The molecule has 1 aromatic heterocycles. The van der Waals surface area contributed by atoms with Crippen molar-refractivity contribution in [2.75, 3.05) is 0 Å². The van der Waals surface area contributed by atoms with Crippen molar-refractivity contribution in [2.24, 2.45) is 9.98 Å². The Bertz CT molecular complexity index is 490. The molecule has 0 spiro atoms. The Morgan fingerprint density at radius 2 is 2.36 bits per heavy atom. The van der Waals surface area contributed by atoms with Gasteiger partial charge in [0.1, 0.15) is 5.70 Å². The molecule has 0 atom stereocenters. The minimum absolute atomic E-state index is 1.02. The summed E-state index contributed by atoms with van der Waals surface area (Å²) in [6, 6.07) is 2.03. The summed E-state index contributed by atoms with van der Waals surface area (Å²) >= 11 is 1.70. The molecule has 2 aliphatic heterocycles. The van der Waals surface area contributed by atoms with Crippen LogP contribution in [-0.4, -0.2) is 6.21 Å². The summed E-state index contributed by atoms with van der Waals surface area (Å²) in [5.41, 5.74) is 2.07. The lowest BCUT2D eigenvalue weighted by atomic mass is 10.4. The van der Waals surface area contributed by atoms with Gasteiger partial charge in [-0.3, -0.25) is 4.99 Å². The van der Waals surface area contributed by atoms with Crippen molar-refractivity contribution in [3.05, 3.63) is 33.1 Å². The van der Waals surface area contributed by atoms with Crippen LogP contribution >= 0.6 is 11.3 Å². The first-order valence-electron chi connectivity index (χ1n) is 3.36. The van der Waals surface area contributed by atoms with Gasteiger partial charge < -0.3 is 0 Å². The molecule has 1 aromatic rings. The molecular formula is C8H4N2S. The zero-order valence-electron chi connectivity index (χ0n) is 5.61. The lowest BCUT2D eigenvalue weighted by Crippen LogP contribution is -2.14. The number of allylic oxidation sites excluding steroid dienone is 1. The molecule has 0 saturated heterocycles. The molecule has 0 aliphatic carbocycles. The van der Waals surface area contributed by atoms with E-state index in [0.29, 0.717) is 0 Å². The van der Waals surface area contributed by atoms with E-state index in [2.05, 4.69) is 9.98 Å². The number of thiophene rings is 1. The second kappa shape index (κ2) is 1.68. The maximum absolute atomic E-state index is 4.38. The van der Waals surface area contributed by atoms with E-state index in [4.69, 9.17) is 0 Å². The van der Waals surface area contributed by atoms with Crippen LogP contribution in [0, 0.1) is 0 Å². The molecule has 0 unspecified atom stereocenters. The highest BCUT2D eigenvalue weighted by Gasteiger charge is 2.14. The molecule has 0 amide bonds. The van der Waals surface area contributed by atoms with Crippen molar-refractivity contribution in [1.29, 1.82) is 0 Å². The van der Waals surface area contributed by atoms with Crippen LogP contribution in [-0.2, 0) is 0 Å². The molecule has 3 rings (SSSR count). The highest BCUT2D eigenvalue weighted by molar-refractivity contribution is 7.07. The van der Waals surface area contributed by atoms with Gasteiger partial charge in [0.05, 0.1) is 15.6 Å². The minimum Gasteiger partial charge on any atom is -0.253 e. The second-order valence-corrected chi connectivity index (χ2v) is 3.34. The molecule has 0 saturated carbocycles. The summed E-state index contributed by atoms with van der Waals surface area (Å²) in [6.07, 6.45) is 3.75. The van der Waals surface area contributed by atoms with E-state index in [-0.39, 0.29) is 0 Å². The number of hydrogen-bond acceptors (Lipinski definition) is 3. The minimum atomic E-state index is 1.02. The third-order valence-electron chi connectivity index (χ3n) is 1.78. The Hall–Kier alpha value is -1.22. The average molecular weight is 160 g/mol. The first-order chi connectivity index (χ1) is 5.45. The maximum Gasteiger partial charge on any atom is 0.108 e. The fourth-order valence-electron chi connectivity index (χ4n) is 1.29. The van der Waals surface area contributed by atoms with Crippen molar-refractivity contribution in [3.63, 3.8) is 0 Å². The Labute approximate surface area is 66.9 Å². The summed E-state index contributed by atoms with van der Waals surface area (Å²) in [5, 5.41) is 3.12. The SMILES string of the molecule is C1=NC2=c3sccc3=NC2=C1. The molecule has 2 nitrogen and oxygen atoms in total. The zero-order chi connectivity index (χ0) is 7.26. The average Bonchev–Trinajstić information content (AvgIpc) is 2.52. The van der Waals surface area contributed by atoms with Crippen LogP contribution in [0.15, 0.2) is 33.2 Å². The van der Waals surface area contributed by atoms with E-state index in [0.717, 1.165) is 16.8 Å². The highest BCUT2D eigenvalue weighted by Crippen LogP contribution is 2.19. The summed E-state index contributed by atoms with van der Waals surface area (Å²) in [7, 11) is 0. The summed E-state index contributed by atoms with van der Waals surface area (Å²) in [4.78, 5) is 8.61. The monoisotopic (exact) mass is 160 g/mol. The molecule has 0 N–H and O–H groups in total. The molecule has 0 aromatic carbocycles. The Balaban J connectivity index is 2.64. The molecular weight excluding hydrogens is 156 g/mol. The molecule has 0 radical (unpaired) electrons. The number of nitrogens with zero attached hydrogens (tertiary/aromatic N) is 2. The Morgan fingerprint density at radius 3 is 3.36 bits per heavy atom. The largest absolute Gasteiger partial charge is 0.253 e. The first kappa shape index (κ1) is 5.43. The van der Waals surface area contributed by atoms with Gasteiger partial charge in [-0.25, -0.2) is 4.99 Å². The number of aliphatic imine (C=N–C) groups is 1. The van der Waals surface area contributed by atoms with Crippen molar-refractivity contribution < 1.29 is 0 Å². The standard InChI is InChI=1S/C8H4N2S/c1-3-9-7-5(1)10-6-2-4-11-8(6)7/h1-4H. The topological polar surface area (TPSA) is 24.7 Å². The summed E-state index contributed by atoms with van der Waals surface area (Å²) in [6.45, 7) is 0. The van der Waals surface area contributed by atoms with Crippen molar-refractivity contribution >= 4 is 23.2 Å². The Kier molecular flexibility index (Phi) is 0.830. The van der Waals surface area contributed by atoms with Crippen LogP contribution in [0.3, 0.4) is 0 Å². The zero-order valence-corrected chi connectivity index (χ0v) is 6.43. The van der Waals surface area contributed by atoms with Gasteiger partial charge in [0.2, 0.25) is 0 Å². The van der Waals surface area contributed by atoms with Gasteiger partial charge >= 0.3 is 0 Å². The third kappa shape index (κ3) is 0.563. The molecule has 3 heterocycles. The number of hydrogen-bond donors (Lipinski definition) is 0. The van der Waals surface area contributed by atoms with E-state index < -0.39 is 0 Å². The highest BCUT2D eigenvalue weighted by atomic mass is 32.1. The van der Waals surface area contributed by atoms with Crippen LogP contribution in [0.1, 0.15) is 0 Å². The Morgan fingerprint density at radius 1 is 1.36 bits per heavy atom. The van der Waals surface area contributed by atoms with Gasteiger partial charge in [-0.1, -0.05) is 0 Å².